The molecule has 0 fully saturated rings. The molecule has 67 heavy (non-hydrogen) atoms. The van der Waals surface area contributed by atoms with Gasteiger partial charge in [-0.2, -0.15) is 0 Å². The van der Waals surface area contributed by atoms with Crippen LogP contribution in [0.25, 0.3) is 0 Å². The van der Waals surface area contributed by atoms with Crippen LogP contribution >= 0.6 is 0 Å². The van der Waals surface area contributed by atoms with Crippen LogP contribution in [0.5, 0.6) is 0 Å². The maximum Gasteiger partial charge on any atom is 0.306 e. The SMILES string of the molecule is CCCCC/C=C\C/C=C\CCCCCCCCCC(=O)OC[C@H](COC(=O)CCCCCCCCCCCCCCCCC)OC(=O)CCC/C=C\C/C=C\C/C=C\CCCCCCCC. The summed E-state index contributed by atoms with van der Waals surface area (Å²) in [5, 5.41) is 0. The summed E-state index contributed by atoms with van der Waals surface area (Å²) in [5.41, 5.74) is 0. The zero-order valence-electron chi connectivity index (χ0n) is 44.4. The van der Waals surface area contributed by atoms with Gasteiger partial charge in [-0.3, -0.25) is 14.4 Å². The lowest BCUT2D eigenvalue weighted by Crippen LogP contribution is -2.30. The summed E-state index contributed by atoms with van der Waals surface area (Å²) in [6.45, 7) is 6.59. The average molecular weight is 938 g/mol. The second kappa shape index (κ2) is 55.7. The first-order chi connectivity index (χ1) is 33.0. The molecule has 0 N–H and O–H groups in total. The minimum Gasteiger partial charge on any atom is -0.462 e. The third-order valence-electron chi connectivity index (χ3n) is 12.5. The standard InChI is InChI=1S/C61H108O6/c1-4-7-10-13-16-19-22-25-28-30-33-36-39-42-45-48-51-54-60(63)66-57-58(56-65-59(62)53-50-47-44-41-38-35-32-27-24-21-18-15-12-9-6-3)67-61(64)55-52-49-46-43-40-37-34-31-29-26-23-20-17-14-11-8-5-2/h16,19,25-26,28-29,34,37,43,46,58H,4-15,17-18,20-24,27,30-33,35-36,38-42,44-45,47-57H2,1-3H3/b19-16-,28-25-,29-26-,37-34-,46-43-/t58-/m0/s1. The third kappa shape index (κ3) is 53.9. The predicted octanol–water partition coefficient (Wildman–Crippen LogP) is 19.2. The van der Waals surface area contributed by atoms with Crippen molar-refractivity contribution in [2.75, 3.05) is 13.2 Å². The fourth-order valence-corrected chi connectivity index (χ4v) is 8.14. The van der Waals surface area contributed by atoms with Gasteiger partial charge in [-0.25, -0.2) is 0 Å². The van der Waals surface area contributed by atoms with Gasteiger partial charge in [0.15, 0.2) is 6.10 Å². The molecule has 0 spiro atoms. The van der Waals surface area contributed by atoms with E-state index in [4.69, 9.17) is 14.2 Å². The Labute approximate surface area is 415 Å². The van der Waals surface area contributed by atoms with Gasteiger partial charge in [0.1, 0.15) is 13.2 Å². The number of unbranched alkanes of at least 4 members (excludes halogenated alkanes) is 31. The number of rotatable bonds is 52. The molecule has 388 valence electrons. The molecule has 0 unspecified atom stereocenters. The Kier molecular flexibility index (Phi) is 53.3. The number of carbonyl (C=O) groups excluding carboxylic acids is 3. The molecular weight excluding hydrogens is 829 g/mol. The molecule has 0 aliphatic heterocycles. The van der Waals surface area contributed by atoms with Gasteiger partial charge in [-0.1, -0.05) is 248 Å². The number of esters is 3. The van der Waals surface area contributed by atoms with Crippen LogP contribution in [0.4, 0.5) is 0 Å². The van der Waals surface area contributed by atoms with Crippen LogP contribution in [0.2, 0.25) is 0 Å². The first kappa shape index (κ1) is 64.1. The van der Waals surface area contributed by atoms with Crippen LogP contribution in [0.15, 0.2) is 60.8 Å². The molecule has 0 heterocycles. The van der Waals surface area contributed by atoms with Gasteiger partial charge in [0, 0.05) is 19.3 Å². The van der Waals surface area contributed by atoms with Gasteiger partial charge in [-0.05, 0) is 83.5 Å². The van der Waals surface area contributed by atoms with Crippen molar-refractivity contribution in [3.05, 3.63) is 60.8 Å². The fourth-order valence-electron chi connectivity index (χ4n) is 8.14. The van der Waals surface area contributed by atoms with Gasteiger partial charge < -0.3 is 14.2 Å². The lowest BCUT2D eigenvalue weighted by atomic mass is 10.0. The highest BCUT2D eigenvalue weighted by atomic mass is 16.6. The van der Waals surface area contributed by atoms with E-state index in [-0.39, 0.29) is 37.5 Å². The second-order valence-electron chi connectivity index (χ2n) is 19.2. The zero-order chi connectivity index (χ0) is 48.6. The topological polar surface area (TPSA) is 78.9 Å². The minimum absolute atomic E-state index is 0.0942. The molecule has 0 bridgehead atoms. The molecule has 0 aromatic heterocycles. The van der Waals surface area contributed by atoms with Crippen molar-refractivity contribution in [2.24, 2.45) is 0 Å². The first-order valence-corrected chi connectivity index (χ1v) is 28.8. The second-order valence-corrected chi connectivity index (χ2v) is 19.2. The van der Waals surface area contributed by atoms with E-state index in [2.05, 4.69) is 81.5 Å². The molecule has 0 radical (unpaired) electrons. The van der Waals surface area contributed by atoms with E-state index in [1.54, 1.807) is 0 Å². The van der Waals surface area contributed by atoms with Crippen molar-refractivity contribution in [3.63, 3.8) is 0 Å². The molecular formula is C61H108O6. The smallest absolute Gasteiger partial charge is 0.306 e. The Morgan fingerprint density at radius 1 is 0.299 bits per heavy atom. The molecule has 0 aromatic carbocycles. The van der Waals surface area contributed by atoms with Crippen LogP contribution in [-0.4, -0.2) is 37.2 Å². The Bertz CT molecular complexity index is 1210. The maximum atomic E-state index is 12.8. The molecule has 6 nitrogen and oxygen atoms in total. The Morgan fingerprint density at radius 3 is 0.910 bits per heavy atom. The van der Waals surface area contributed by atoms with E-state index in [1.165, 1.54) is 173 Å². The minimum atomic E-state index is -0.802. The van der Waals surface area contributed by atoms with Gasteiger partial charge in [0.05, 0.1) is 0 Å². The number of carbonyl (C=O) groups is 3. The average Bonchev–Trinajstić information content (AvgIpc) is 3.33. The van der Waals surface area contributed by atoms with Crippen LogP contribution in [0.1, 0.15) is 290 Å². The van der Waals surface area contributed by atoms with Gasteiger partial charge in [0.25, 0.3) is 0 Å². The molecule has 0 aliphatic carbocycles. The highest BCUT2D eigenvalue weighted by Gasteiger charge is 2.19. The monoisotopic (exact) mass is 937 g/mol. The van der Waals surface area contributed by atoms with Crippen molar-refractivity contribution >= 4 is 17.9 Å². The van der Waals surface area contributed by atoms with Crippen molar-refractivity contribution in [1.29, 1.82) is 0 Å². The molecule has 0 rings (SSSR count). The number of hydrogen-bond donors (Lipinski definition) is 0. The Balaban J connectivity index is 4.45. The van der Waals surface area contributed by atoms with Crippen LogP contribution in [0, 0.1) is 0 Å². The Morgan fingerprint density at radius 2 is 0.552 bits per heavy atom. The van der Waals surface area contributed by atoms with Gasteiger partial charge in [-0.15, -0.1) is 0 Å². The lowest BCUT2D eigenvalue weighted by molar-refractivity contribution is -0.167. The third-order valence-corrected chi connectivity index (χ3v) is 12.5. The van der Waals surface area contributed by atoms with Gasteiger partial charge in [0.2, 0.25) is 0 Å². The van der Waals surface area contributed by atoms with E-state index in [0.717, 1.165) is 70.6 Å². The molecule has 0 aromatic rings. The van der Waals surface area contributed by atoms with Crippen LogP contribution in [-0.2, 0) is 28.6 Å². The normalized spacial score (nSPS) is 12.5. The summed E-state index contributed by atoms with van der Waals surface area (Å²) < 4.78 is 16.8. The Hall–Kier alpha value is -2.89. The fraction of sp³-hybridized carbons (Fsp3) is 0.787. The largest absolute Gasteiger partial charge is 0.462 e. The van der Waals surface area contributed by atoms with E-state index in [1.807, 2.05) is 0 Å². The maximum absolute atomic E-state index is 12.8. The van der Waals surface area contributed by atoms with E-state index in [0.29, 0.717) is 19.3 Å². The molecule has 0 saturated heterocycles. The lowest BCUT2D eigenvalue weighted by Gasteiger charge is -2.18. The predicted molar refractivity (Wildman–Crippen MR) is 288 cm³/mol. The highest BCUT2D eigenvalue weighted by molar-refractivity contribution is 5.71. The van der Waals surface area contributed by atoms with Crippen LogP contribution in [0.3, 0.4) is 0 Å². The zero-order valence-corrected chi connectivity index (χ0v) is 44.4. The molecule has 0 aliphatic rings. The van der Waals surface area contributed by atoms with E-state index >= 15 is 0 Å². The quantitative estimate of drug-likeness (QED) is 0.0262. The van der Waals surface area contributed by atoms with Crippen LogP contribution < -0.4 is 0 Å². The summed E-state index contributed by atoms with van der Waals surface area (Å²) in [5.74, 6) is -0.944. The number of ether oxygens (including phenoxy) is 3. The van der Waals surface area contributed by atoms with E-state index < -0.39 is 6.10 Å². The molecule has 6 heteroatoms. The molecule has 1 atom stereocenters. The van der Waals surface area contributed by atoms with E-state index in [9.17, 15) is 14.4 Å². The van der Waals surface area contributed by atoms with Gasteiger partial charge >= 0.3 is 17.9 Å². The highest BCUT2D eigenvalue weighted by Crippen LogP contribution is 2.16. The summed E-state index contributed by atoms with van der Waals surface area (Å²) >= 11 is 0. The summed E-state index contributed by atoms with van der Waals surface area (Å²) in [6.07, 6.45) is 69.3. The van der Waals surface area contributed by atoms with Crippen molar-refractivity contribution < 1.29 is 28.6 Å². The van der Waals surface area contributed by atoms with Crippen molar-refractivity contribution in [1.82, 2.24) is 0 Å². The summed E-state index contributed by atoms with van der Waals surface area (Å²) in [6, 6.07) is 0. The first-order valence-electron chi connectivity index (χ1n) is 28.8. The van der Waals surface area contributed by atoms with Crippen molar-refractivity contribution in [3.8, 4) is 0 Å². The van der Waals surface area contributed by atoms with Crippen molar-refractivity contribution in [2.45, 2.75) is 297 Å². The molecule has 0 amide bonds. The summed E-state index contributed by atoms with van der Waals surface area (Å²) in [4.78, 5) is 38.1. The molecule has 0 saturated carbocycles. The number of hydrogen-bond acceptors (Lipinski definition) is 6. The number of allylic oxidation sites excluding steroid dienone is 10. The summed E-state index contributed by atoms with van der Waals surface area (Å²) in [7, 11) is 0.